The Morgan fingerprint density at radius 2 is 1.93 bits per heavy atom. The molecule has 0 amide bonds. The van der Waals surface area contributed by atoms with Gasteiger partial charge in [-0.15, -0.1) is 0 Å². The van der Waals surface area contributed by atoms with Crippen LogP contribution in [0.25, 0.3) is 0 Å². The highest BCUT2D eigenvalue weighted by atomic mass is 32.2. The lowest BCUT2D eigenvalue weighted by Gasteiger charge is -2.07. The Bertz CT molecular complexity index is 246. The van der Waals surface area contributed by atoms with Gasteiger partial charge < -0.3 is 5.32 Å². The van der Waals surface area contributed by atoms with E-state index >= 15 is 0 Å². The fraction of sp³-hybridized carbons (Fsp3) is 0.538. The highest BCUT2D eigenvalue weighted by Crippen LogP contribution is 2.12. The molecule has 0 saturated carbocycles. The first-order valence-corrected chi connectivity index (χ1v) is 6.79. The van der Waals surface area contributed by atoms with Crippen LogP contribution >= 0.6 is 11.8 Å². The summed E-state index contributed by atoms with van der Waals surface area (Å²) in [4.78, 5) is 0. The standard InChI is InChI=1S/C13H21NS/c1-12(2)14-9-6-10-15-11-13-7-4-3-5-8-13/h3-5,7-8,12,14H,6,9-11H2,1-2H3. The number of rotatable bonds is 7. The van der Waals surface area contributed by atoms with Crippen LogP contribution in [0.3, 0.4) is 0 Å². The molecule has 0 saturated heterocycles. The Balaban J connectivity index is 1.98. The van der Waals surface area contributed by atoms with E-state index < -0.39 is 0 Å². The zero-order valence-electron chi connectivity index (χ0n) is 9.70. The predicted molar refractivity (Wildman–Crippen MR) is 70.4 cm³/mol. The van der Waals surface area contributed by atoms with E-state index in [2.05, 4.69) is 49.5 Å². The van der Waals surface area contributed by atoms with E-state index in [0.29, 0.717) is 6.04 Å². The lowest BCUT2D eigenvalue weighted by atomic mass is 10.2. The van der Waals surface area contributed by atoms with E-state index in [-0.39, 0.29) is 0 Å². The minimum absolute atomic E-state index is 0.615. The van der Waals surface area contributed by atoms with Crippen LogP contribution in [0.5, 0.6) is 0 Å². The molecule has 15 heavy (non-hydrogen) atoms. The zero-order chi connectivity index (χ0) is 10.9. The van der Waals surface area contributed by atoms with Crippen LogP contribution in [0.15, 0.2) is 30.3 Å². The normalized spacial score (nSPS) is 10.9. The first-order chi connectivity index (χ1) is 7.29. The van der Waals surface area contributed by atoms with Crippen LogP contribution in [0, 0.1) is 0 Å². The van der Waals surface area contributed by atoms with E-state index in [9.17, 15) is 0 Å². The largest absolute Gasteiger partial charge is 0.315 e. The van der Waals surface area contributed by atoms with E-state index in [4.69, 9.17) is 0 Å². The molecule has 1 aromatic rings. The molecule has 1 N–H and O–H groups in total. The monoisotopic (exact) mass is 223 g/mol. The summed E-state index contributed by atoms with van der Waals surface area (Å²) in [5, 5.41) is 3.43. The lowest BCUT2D eigenvalue weighted by molar-refractivity contribution is 0.586. The van der Waals surface area contributed by atoms with Crippen LogP contribution in [-0.2, 0) is 5.75 Å². The fourth-order valence-corrected chi connectivity index (χ4v) is 2.25. The van der Waals surface area contributed by atoms with Crippen molar-refractivity contribution in [2.75, 3.05) is 12.3 Å². The first kappa shape index (κ1) is 12.6. The van der Waals surface area contributed by atoms with Crippen molar-refractivity contribution in [1.29, 1.82) is 0 Å². The first-order valence-electron chi connectivity index (χ1n) is 5.64. The van der Waals surface area contributed by atoms with Crippen LogP contribution in [0.4, 0.5) is 0 Å². The van der Waals surface area contributed by atoms with Crippen LogP contribution in [0.2, 0.25) is 0 Å². The number of hydrogen-bond acceptors (Lipinski definition) is 2. The van der Waals surface area contributed by atoms with E-state index in [0.717, 1.165) is 12.3 Å². The smallest absolute Gasteiger partial charge is 0.0184 e. The third kappa shape index (κ3) is 6.58. The third-order valence-electron chi connectivity index (χ3n) is 2.13. The van der Waals surface area contributed by atoms with Crippen molar-refractivity contribution >= 4 is 11.8 Å². The Hall–Kier alpha value is -0.470. The number of hydrogen-bond donors (Lipinski definition) is 1. The minimum atomic E-state index is 0.615. The van der Waals surface area contributed by atoms with Crippen molar-refractivity contribution in [2.24, 2.45) is 0 Å². The van der Waals surface area contributed by atoms with Crippen LogP contribution < -0.4 is 5.32 Å². The minimum Gasteiger partial charge on any atom is -0.315 e. The lowest BCUT2D eigenvalue weighted by Crippen LogP contribution is -2.23. The fourth-order valence-electron chi connectivity index (χ4n) is 1.33. The van der Waals surface area contributed by atoms with Gasteiger partial charge in [-0.3, -0.25) is 0 Å². The summed E-state index contributed by atoms with van der Waals surface area (Å²) in [6.45, 7) is 5.52. The third-order valence-corrected chi connectivity index (χ3v) is 3.24. The summed E-state index contributed by atoms with van der Waals surface area (Å²) in [7, 11) is 0. The molecule has 0 unspecified atom stereocenters. The van der Waals surface area contributed by atoms with Gasteiger partial charge in [0, 0.05) is 11.8 Å². The Morgan fingerprint density at radius 3 is 2.60 bits per heavy atom. The van der Waals surface area contributed by atoms with Crippen molar-refractivity contribution in [2.45, 2.75) is 32.1 Å². The highest BCUT2D eigenvalue weighted by molar-refractivity contribution is 7.98. The zero-order valence-corrected chi connectivity index (χ0v) is 10.5. The Labute approximate surface area is 97.7 Å². The van der Waals surface area contributed by atoms with Gasteiger partial charge in [-0.25, -0.2) is 0 Å². The summed E-state index contributed by atoms with van der Waals surface area (Å²) in [5.41, 5.74) is 1.43. The molecular formula is C13H21NS. The molecule has 1 rings (SSSR count). The van der Waals surface area contributed by atoms with Crippen LogP contribution in [-0.4, -0.2) is 18.3 Å². The SMILES string of the molecule is CC(C)NCCCSCc1ccccc1. The van der Waals surface area contributed by atoms with Gasteiger partial charge in [0.15, 0.2) is 0 Å². The van der Waals surface area contributed by atoms with Gasteiger partial charge in [-0.2, -0.15) is 11.8 Å². The highest BCUT2D eigenvalue weighted by Gasteiger charge is 1.94. The molecule has 1 nitrogen and oxygen atoms in total. The average molecular weight is 223 g/mol. The summed E-state index contributed by atoms with van der Waals surface area (Å²) >= 11 is 2.02. The molecule has 1 aromatic carbocycles. The maximum Gasteiger partial charge on any atom is 0.0184 e. The van der Waals surface area contributed by atoms with Crippen molar-refractivity contribution in [3.8, 4) is 0 Å². The van der Waals surface area contributed by atoms with Gasteiger partial charge in [-0.05, 0) is 24.3 Å². The van der Waals surface area contributed by atoms with Gasteiger partial charge >= 0.3 is 0 Å². The molecule has 0 atom stereocenters. The maximum atomic E-state index is 3.43. The summed E-state index contributed by atoms with van der Waals surface area (Å²) < 4.78 is 0. The number of thioether (sulfide) groups is 1. The molecule has 0 radical (unpaired) electrons. The molecule has 0 aromatic heterocycles. The van der Waals surface area contributed by atoms with Crippen LogP contribution in [0.1, 0.15) is 25.8 Å². The average Bonchev–Trinajstić information content (AvgIpc) is 2.24. The van der Waals surface area contributed by atoms with Gasteiger partial charge in [0.2, 0.25) is 0 Å². The summed E-state index contributed by atoms with van der Waals surface area (Å²) in [6, 6.07) is 11.3. The van der Waals surface area contributed by atoms with Crippen molar-refractivity contribution < 1.29 is 0 Å². The molecule has 0 spiro atoms. The van der Waals surface area contributed by atoms with Gasteiger partial charge in [-0.1, -0.05) is 44.2 Å². The van der Waals surface area contributed by atoms with E-state index in [1.54, 1.807) is 0 Å². The second-order valence-electron chi connectivity index (χ2n) is 4.00. The molecule has 0 heterocycles. The van der Waals surface area contributed by atoms with Crippen molar-refractivity contribution in [3.05, 3.63) is 35.9 Å². The second-order valence-corrected chi connectivity index (χ2v) is 5.11. The topological polar surface area (TPSA) is 12.0 Å². The molecular weight excluding hydrogens is 202 g/mol. The van der Waals surface area contributed by atoms with Gasteiger partial charge in [0.05, 0.1) is 0 Å². The van der Waals surface area contributed by atoms with Crippen molar-refractivity contribution in [3.63, 3.8) is 0 Å². The maximum absolute atomic E-state index is 3.43. The van der Waals surface area contributed by atoms with Crippen molar-refractivity contribution in [1.82, 2.24) is 5.32 Å². The Kier molecular flexibility index (Phi) is 6.53. The Morgan fingerprint density at radius 1 is 1.20 bits per heavy atom. The number of nitrogens with one attached hydrogen (secondary N) is 1. The number of benzene rings is 1. The molecule has 2 heteroatoms. The summed E-state index contributed by atoms with van der Waals surface area (Å²) in [5.74, 6) is 2.39. The molecule has 84 valence electrons. The molecule has 0 aliphatic rings. The van der Waals surface area contributed by atoms with E-state index in [1.165, 1.54) is 17.7 Å². The molecule has 0 bridgehead atoms. The quantitative estimate of drug-likeness (QED) is 0.712. The van der Waals surface area contributed by atoms with Gasteiger partial charge in [0.25, 0.3) is 0 Å². The van der Waals surface area contributed by atoms with Gasteiger partial charge in [0.1, 0.15) is 0 Å². The molecule has 0 aliphatic heterocycles. The molecule has 0 fully saturated rings. The van der Waals surface area contributed by atoms with E-state index in [1.807, 2.05) is 11.8 Å². The predicted octanol–water partition coefficient (Wildman–Crippen LogP) is 3.31. The molecule has 0 aliphatic carbocycles. The summed E-state index contributed by atoms with van der Waals surface area (Å²) in [6.07, 6.45) is 1.26. The second kappa shape index (κ2) is 7.77.